The Bertz CT molecular complexity index is 1260. The van der Waals surface area contributed by atoms with Gasteiger partial charge in [-0.05, 0) is 72.7 Å². The lowest BCUT2D eigenvalue weighted by atomic mass is 9.95. The van der Waals surface area contributed by atoms with Crippen molar-refractivity contribution in [3.8, 4) is 11.1 Å². The number of nitrogens with zero attached hydrogens (tertiary/aromatic N) is 1. The summed E-state index contributed by atoms with van der Waals surface area (Å²) >= 11 is 0. The van der Waals surface area contributed by atoms with Gasteiger partial charge in [0.2, 0.25) is 10.0 Å². The number of aryl methyl sites for hydroxylation is 3. The van der Waals surface area contributed by atoms with Crippen LogP contribution in [0.3, 0.4) is 0 Å². The van der Waals surface area contributed by atoms with E-state index in [1.165, 1.54) is 16.4 Å². The fraction of sp³-hybridized carbons (Fsp3) is 0.280. The molecule has 3 aromatic rings. The summed E-state index contributed by atoms with van der Waals surface area (Å²) in [5.74, 6) is 0. The topological polar surface area (TPSA) is 37.4 Å². The predicted octanol–water partition coefficient (Wildman–Crippen LogP) is 6.04. The van der Waals surface area contributed by atoms with Gasteiger partial charge in [-0.3, -0.25) is 0 Å². The van der Waals surface area contributed by atoms with Gasteiger partial charge >= 0.3 is 6.18 Å². The molecule has 1 aliphatic heterocycles. The molecule has 0 bridgehead atoms. The molecule has 0 saturated heterocycles. The Morgan fingerprint density at radius 3 is 2.00 bits per heavy atom. The van der Waals surface area contributed by atoms with Crippen molar-refractivity contribution in [3.63, 3.8) is 0 Å². The zero-order valence-corrected chi connectivity index (χ0v) is 18.9. The molecule has 0 spiro atoms. The molecule has 0 aliphatic carbocycles. The molecule has 0 saturated carbocycles. The van der Waals surface area contributed by atoms with Crippen molar-refractivity contribution < 1.29 is 21.6 Å². The molecule has 7 heteroatoms. The molecule has 0 aromatic heterocycles. The third kappa shape index (κ3) is 4.19. The minimum atomic E-state index is -4.36. The molecule has 32 heavy (non-hydrogen) atoms. The molecule has 0 fully saturated rings. The van der Waals surface area contributed by atoms with Gasteiger partial charge < -0.3 is 0 Å². The first kappa shape index (κ1) is 22.6. The van der Waals surface area contributed by atoms with Crippen LogP contribution in [0.2, 0.25) is 0 Å². The number of hydrogen-bond donors (Lipinski definition) is 0. The van der Waals surface area contributed by atoms with Gasteiger partial charge in [0, 0.05) is 13.1 Å². The molecular weight excluding hydrogens is 435 g/mol. The lowest BCUT2D eigenvalue weighted by Crippen LogP contribution is -2.36. The maximum Gasteiger partial charge on any atom is 0.416 e. The molecule has 1 aliphatic rings. The Morgan fingerprint density at radius 1 is 0.812 bits per heavy atom. The van der Waals surface area contributed by atoms with E-state index in [4.69, 9.17) is 0 Å². The van der Waals surface area contributed by atoms with Crippen LogP contribution >= 0.6 is 0 Å². The van der Waals surface area contributed by atoms with Gasteiger partial charge in [-0.25, -0.2) is 8.42 Å². The highest BCUT2D eigenvalue weighted by Crippen LogP contribution is 2.33. The van der Waals surface area contributed by atoms with E-state index in [-0.39, 0.29) is 6.54 Å². The average molecular weight is 460 g/mol. The fourth-order valence-electron chi connectivity index (χ4n) is 4.47. The summed E-state index contributed by atoms with van der Waals surface area (Å²) in [5.41, 5.74) is 5.28. The van der Waals surface area contributed by atoms with E-state index in [0.29, 0.717) is 23.4 Å². The number of rotatable bonds is 3. The number of alkyl halides is 3. The van der Waals surface area contributed by atoms with Crippen LogP contribution in [0.4, 0.5) is 13.2 Å². The van der Waals surface area contributed by atoms with Gasteiger partial charge in [0.1, 0.15) is 0 Å². The maximum atomic E-state index is 13.4. The monoisotopic (exact) mass is 459 g/mol. The van der Waals surface area contributed by atoms with Gasteiger partial charge in [-0.15, -0.1) is 0 Å². The second-order valence-electron chi connectivity index (χ2n) is 8.38. The van der Waals surface area contributed by atoms with Crippen molar-refractivity contribution in [2.75, 3.05) is 6.54 Å². The Kier molecular flexibility index (Phi) is 5.67. The molecule has 0 unspecified atom stereocenters. The first-order chi connectivity index (χ1) is 15.0. The summed E-state index contributed by atoms with van der Waals surface area (Å²) in [6.45, 7) is 6.22. The first-order valence-electron chi connectivity index (χ1n) is 10.3. The zero-order chi connectivity index (χ0) is 23.3. The fourth-order valence-corrected chi connectivity index (χ4v) is 6.30. The number of sulfonamides is 1. The van der Waals surface area contributed by atoms with E-state index in [1.807, 2.05) is 51.1 Å². The lowest BCUT2D eigenvalue weighted by molar-refractivity contribution is -0.137. The largest absolute Gasteiger partial charge is 0.416 e. The summed E-state index contributed by atoms with van der Waals surface area (Å²) in [6.07, 6.45) is -3.81. The normalized spacial score (nSPS) is 14.9. The van der Waals surface area contributed by atoms with E-state index in [2.05, 4.69) is 0 Å². The van der Waals surface area contributed by atoms with Crippen molar-refractivity contribution in [2.45, 2.75) is 44.8 Å². The molecule has 3 nitrogen and oxygen atoms in total. The van der Waals surface area contributed by atoms with Gasteiger partial charge in [-0.1, -0.05) is 48.0 Å². The van der Waals surface area contributed by atoms with E-state index in [9.17, 15) is 21.6 Å². The van der Waals surface area contributed by atoms with Gasteiger partial charge in [-0.2, -0.15) is 17.5 Å². The lowest BCUT2D eigenvalue weighted by Gasteiger charge is -2.29. The minimum Gasteiger partial charge on any atom is -0.207 e. The summed E-state index contributed by atoms with van der Waals surface area (Å²) in [7, 11) is -3.64. The molecule has 0 amide bonds. The smallest absolute Gasteiger partial charge is 0.207 e. The summed E-state index contributed by atoms with van der Waals surface area (Å²) in [5, 5.41) is 0. The van der Waals surface area contributed by atoms with Crippen molar-refractivity contribution >= 4 is 10.0 Å². The summed E-state index contributed by atoms with van der Waals surface area (Å²) in [4.78, 5) is 0.368. The molecule has 0 N–H and O–H groups in total. The van der Waals surface area contributed by atoms with Crippen LogP contribution in [0.25, 0.3) is 11.1 Å². The van der Waals surface area contributed by atoms with E-state index >= 15 is 0 Å². The molecule has 4 rings (SSSR count). The molecular formula is C25H24F3NO2S. The van der Waals surface area contributed by atoms with Crippen LogP contribution in [0.1, 0.15) is 33.4 Å². The molecule has 0 atom stereocenters. The van der Waals surface area contributed by atoms with Gasteiger partial charge in [0.25, 0.3) is 0 Å². The van der Waals surface area contributed by atoms with E-state index in [1.54, 1.807) is 0 Å². The van der Waals surface area contributed by atoms with Crippen LogP contribution in [0.5, 0.6) is 0 Å². The zero-order valence-electron chi connectivity index (χ0n) is 18.1. The SMILES string of the molecule is Cc1cc(C)c(S(=O)(=O)N2CCc3cc(-c4ccc(C(F)(F)F)cc4)ccc3C2)c(C)c1. The van der Waals surface area contributed by atoms with Crippen LogP contribution < -0.4 is 0 Å². The highest BCUT2D eigenvalue weighted by Gasteiger charge is 2.32. The number of fused-ring (bicyclic) bond motifs is 1. The first-order valence-corrected chi connectivity index (χ1v) is 11.8. The Balaban J connectivity index is 1.61. The van der Waals surface area contributed by atoms with Gasteiger partial charge in [0.05, 0.1) is 10.5 Å². The average Bonchev–Trinajstić information content (AvgIpc) is 2.71. The van der Waals surface area contributed by atoms with Crippen LogP contribution in [-0.2, 0) is 29.2 Å². The predicted molar refractivity (Wildman–Crippen MR) is 119 cm³/mol. The highest BCUT2D eigenvalue weighted by molar-refractivity contribution is 7.89. The summed E-state index contributed by atoms with van der Waals surface area (Å²) < 4.78 is 66.7. The van der Waals surface area contributed by atoms with Crippen molar-refractivity contribution in [3.05, 3.63) is 88.0 Å². The third-order valence-electron chi connectivity index (χ3n) is 5.93. The van der Waals surface area contributed by atoms with E-state index < -0.39 is 21.8 Å². The van der Waals surface area contributed by atoms with Crippen molar-refractivity contribution in [1.82, 2.24) is 4.31 Å². The number of benzene rings is 3. The molecule has 0 radical (unpaired) electrons. The van der Waals surface area contributed by atoms with Crippen LogP contribution in [0, 0.1) is 20.8 Å². The summed E-state index contributed by atoms with van der Waals surface area (Å²) in [6, 6.07) is 14.5. The molecule has 1 heterocycles. The Hall–Kier alpha value is -2.64. The second kappa shape index (κ2) is 8.05. The molecule has 168 valence electrons. The second-order valence-corrected chi connectivity index (χ2v) is 10.2. The van der Waals surface area contributed by atoms with Crippen LogP contribution in [0.15, 0.2) is 59.5 Å². The molecule has 3 aromatic carbocycles. The third-order valence-corrected chi connectivity index (χ3v) is 8.08. The quantitative estimate of drug-likeness (QED) is 0.479. The minimum absolute atomic E-state index is 0.276. The van der Waals surface area contributed by atoms with Crippen molar-refractivity contribution in [1.29, 1.82) is 0 Å². The Labute approximate surface area is 186 Å². The highest BCUT2D eigenvalue weighted by atomic mass is 32.2. The van der Waals surface area contributed by atoms with Crippen LogP contribution in [-0.4, -0.2) is 19.3 Å². The number of hydrogen-bond acceptors (Lipinski definition) is 2. The van der Waals surface area contributed by atoms with Gasteiger partial charge in [0.15, 0.2) is 0 Å². The standard InChI is InChI=1S/C25H24F3NO2S/c1-16-12-17(2)24(18(3)13-16)32(30,31)29-11-10-21-14-20(4-5-22(21)15-29)19-6-8-23(9-7-19)25(26,27)28/h4-9,12-14H,10-11,15H2,1-3H3. The Morgan fingerprint density at radius 2 is 1.41 bits per heavy atom. The number of halogens is 3. The van der Waals surface area contributed by atoms with E-state index in [0.717, 1.165) is 45.5 Å². The maximum absolute atomic E-state index is 13.4. The van der Waals surface area contributed by atoms with Crippen molar-refractivity contribution in [2.24, 2.45) is 0 Å².